The predicted octanol–water partition coefficient (Wildman–Crippen LogP) is 8.07. The fraction of sp³-hybridized carbons (Fsp3) is 0.435. The van der Waals surface area contributed by atoms with Crippen molar-refractivity contribution < 1.29 is 37.5 Å². The lowest BCUT2D eigenvalue weighted by Crippen LogP contribution is -2.41. The van der Waals surface area contributed by atoms with Crippen molar-refractivity contribution in [1.29, 1.82) is 10.5 Å². The first-order valence-corrected chi connectivity index (χ1v) is 21.3. The number of pyridine rings is 2. The van der Waals surface area contributed by atoms with Gasteiger partial charge in [-0.05, 0) is 125 Å². The average Bonchev–Trinajstić information content (AvgIpc) is 3.68. The summed E-state index contributed by atoms with van der Waals surface area (Å²) in [4.78, 5) is 32.7. The molecule has 322 valence electrons. The second kappa shape index (κ2) is 18.7. The number of ketones is 2. The molecule has 3 aliphatic rings. The summed E-state index contributed by atoms with van der Waals surface area (Å²) in [7, 11) is -1.40. The van der Waals surface area contributed by atoms with Crippen LogP contribution in [0.4, 0.5) is 0 Å². The van der Waals surface area contributed by atoms with Crippen LogP contribution in [0.2, 0.25) is 0 Å². The number of hydrogen-bond donors (Lipinski definition) is 0. The van der Waals surface area contributed by atoms with Crippen LogP contribution in [0, 0.1) is 22.7 Å². The summed E-state index contributed by atoms with van der Waals surface area (Å²) in [6.45, 7) is 24.2. The van der Waals surface area contributed by atoms with Gasteiger partial charge in [0.1, 0.15) is 0 Å². The Labute approximate surface area is 375 Å². The number of nitriles is 2. The molecule has 12 nitrogen and oxygen atoms in total. The lowest BCUT2D eigenvalue weighted by Gasteiger charge is -2.32. The summed E-state index contributed by atoms with van der Waals surface area (Å²) in [5.41, 5.74) is 2.09. The van der Waals surface area contributed by atoms with E-state index < -0.39 is 32.3 Å². The van der Waals surface area contributed by atoms with Crippen LogP contribution in [0.3, 0.4) is 0 Å². The van der Waals surface area contributed by atoms with Gasteiger partial charge in [-0.2, -0.15) is 10.5 Å². The van der Waals surface area contributed by atoms with Gasteiger partial charge in [0, 0.05) is 39.4 Å². The highest BCUT2D eigenvalue weighted by Crippen LogP contribution is 2.43. The second-order valence-corrected chi connectivity index (χ2v) is 19.4. The van der Waals surface area contributed by atoms with E-state index in [1.165, 1.54) is 0 Å². The molecule has 3 fully saturated rings. The molecular formula is C46H54B3BrN4O8. The van der Waals surface area contributed by atoms with Crippen LogP contribution in [-0.4, -0.2) is 76.3 Å². The minimum atomic E-state index is -0.476. The number of nitrogens with zero attached hydrogens (tertiary/aromatic N) is 4. The van der Waals surface area contributed by atoms with E-state index in [1.54, 1.807) is 60.9 Å². The van der Waals surface area contributed by atoms with Gasteiger partial charge in [0.2, 0.25) is 0 Å². The highest BCUT2D eigenvalue weighted by Gasteiger charge is 2.63. The van der Waals surface area contributed by atoms with E-state index >= 15 is 0 Å². The molecule has 2 aromatic carbocycles. The van der Waals surface area contributed by atoms with Gasteiger partial charge in [-0.3, -0.25) is 19.6 Å². The lowest BCUT2D eigenvalue weighted by molar-refractivity contribution is 0.00578. The van der Waals surface area contributed by atoms with E-state index in [1.807, 2.05) is 113 Å². The quantitative estimate of drug-likeness (QED) is 0.124. The van der Waals surface area contributed by atoms with Gasteiger partial charge in [-0.1, -0.05) is 52.3 Å². The number of carbonyl (C=O) groups excluding carboxylic acids is 2. The molecule has 0 spiro atoms. The Hall–Kier alpha value is -4.51. The maximum absolute atomic E-state index is 12.5. The molecule has 3 aliphatic heterocycles. The highest BCUT2D eigenvalue weighted by molar-refractivity contribution is 9.10. The van der Waals surface area contributed by atoms with Crippen LogP contribution < -0.4 is 5.46 Å². The number of hydrogen-bond acceptors (Lipinski definition) is 12. The monoisotopic (exact) mass is 902 g/mol. The van der Waals surface area contributed by atoms with Gasteiger partial charge in [0.15, 0.2) is 11.6 Å². The number of rotatable bonds is 8. The molecule has 0 radical (unpaired) electrons. The van der Waals surface area contributed by atoms with Gasteiger partial charge >= 0.3 is 21.1 Å². The Balaban J connectivity index is 0.000000181. The molecule has 0 bridgehead atoms. The molecule has 2 aromatic heterocycles. The summed E-state index contributed by atoms with van der Waals surface area (Å²) in [6, 6.07) is 25.0. The van der Waals surface area contributed by atoms with E-state index in [4.69, 9.17) is 38.4 Å². The van der Waals surface area contributed by atoms with Gasteiger partial charge in [-0.25, -0.2) is 0 Å². The summed E-state index contributed by atoms with van der Waals surface area (Å²) in [6.07, 6.45) is 3.45. The topological polar surface area (TPSA) is 163 Å². The minimum absolute atomic E-state index is 0.00918. The smallest absolute Gasteiger partial charge is 0.405 e. The highest BCUT2D eigenvalue weighted by atomic mass is 79.9. The van der Waals surface area contributed by atoms with E-state index in [9.17, 15) is 9.59 Å². The maximum Gasteiger partial charge on any atom is 0.494 e. The minimum Gasteiger partial charge on any atom is -0.405 e. The molecule has 16 heteroatoms. The molecule has 0 amide bonds. The number of halogens is 1. The van der Waals surface area contributed by atoms with E-state index in [0.717, 1.165) is 9.94 Å². The molecule has 62 heavy (non-hydrogen) atoms. The average molecular weight is 903 g/mol. The summed E-state index contributed by atoms with van der Waals surface area (Å²) < 4.78 is 36.8. The Morgan fingerprint density at radius 2 is 0.855 bits per heavy atom. The first-order valence-electron chi connectivity index (χ1n) is 20.5. The van der Waals surface area contributed by atoms with E-state index in [2.05, 4.69) is 32.0 Å². The zero-order valence-corrected chi connectivity index (χ0v) is 39.2. The van der Waals surface area contributed by atoms with Crippen molar-refractivity contribution in [3.05, 3.63) is 123 Å². The number of benzene rings is 2. The molecule has 4 aromatic rings. The molecule has 5 heterocycles. The standard InChI is InChI=1S/C20H21BN2O3.C14H9BrN2O.C12H24B2O4/c1-19(2)20(3,4)26-21(25-19)16-7-5-15(6-8-16)18(24)12-17-11-14(13-22)9-10-23-17;15-12-3-1-11(2-4-12)14(18)8-13-7-10(9-16)5-6-17-13;1-9(2)10(3,4)16-13(15-9)14-17-11(5,6)12(7,8)18-14/h5-11H,12H2,1-4H3;1-7H,8H2;1-8H3. The van der Waals surface area contributed by atoms with E-state index in [-0.39, 0.29) is 46.8 Å². The van der Waals surface area contributed by atoms with Crippen molar-refractivity contribution in [1.82, 2.24) is 9.97 Å². The van der Waals surface area contributed by atoms with Crippen LogP contribution >= 0.6 is 15.9 Å². The third-order valence-corrected chi connectivity index (χ3v) is 12.8. The molecular weight excluding hydrogens is 849 g/mol. The van der Waals surface area contributed by atoms with Crippen LogP contribution in [-0.2, 0) is 40.8 Å². The zero-order chi connectivity index (χ0) is 45.9. The van der Waals surface area contributed by atoms with Crippen LogP contribution in [0.25, 0.3) is 0 Å². The molecule has 0 atom stereocenters. The second-order valence-electron chi connectivity index (χ2n) is 18.5. The molecule has 0 N–H and O–H groups in total. The molecule has 0 unspecified atom stereocenters. The van der Waals surface area contributed by atoms with Crippen molar-refractivity contribution >= 4 is 54.1 Å². The Morgan fingerprint density at radius 3 is 1.19 bits per heavy atom. The van der Waals surface area contributed by atoms with Gasteiger partial charge in [0.05, 0.1) is 69.7 Å². The van der Waals surface area contributed by atoms with Crippen molar-refractivity contribution in [3.63, 3.8) is 0 Å². The number of aromatic nitrogens is 2. The first-order chi connectivity index (χ1) is 28.8. The zero-order valence-electron chi connectivity index (χ0n) is 37.7. The molecule has 7 rings (SSSR count). The number of Topliss-reactive ketones (excluding diaryl/α,β-unsaturated/α-hetero) is 2. The Morgan fingerprint density at radius 1 is 0.532 bits per heavy atom. The maximum atomic E-state index is 12.5. The third-order valence-electron chi connectivity index (χ3n) is 12.3. The fourth-order valence-corrected chi connectivity index (χ4v) is 6.53. The normalized spacial score (nSPS) is 19.6. The van der Waals surface area contributed by atoms with Crippen molar-refractivity contribution in [2.75, 3.05) is 0 Å². The predicted molar refractivity (Wildman–Crippen MR) is 242 cm³/mol. The Bertz CT molecular complexity index is 2260. The lowest BCUT2D eigenvalue weighted by atomic mass is 9.49. The summed E-state index contributed by atoms with van der Waals surface area (Å²) in [5.74, 6) is -0.0573. The SMILES string of the molecule is CC1(C)OB(B2OC(C)(C)C(C)(C)O2)OC1(C)C.CC1(C)OB(c2ccc(C(=O)Cc3cc(C#N)ccn3)cc2)OC1(C)C.N#Cc1ccnc(CC(=O)c2ccc(Br)cc2)c1. The van der Waals surface area contributed by atoms with Crippen molar-refractivity contribution in [3.8, 4) is 12.1 Å². The van der Waals surface area contributed by atoms with Crippen LogP contribution in [0.5, 0.6) is 0 Å². The molecule has 0 saturated carbocycles. The largest absolute Gasteiger partial charge is 0.494 e. The van der Waals surface area contributed by atoms with Crippen LogP contribution in [0.15, 0.2) is 89.7 Å². The van der Waals surface area contributed by atoms with Gasteiger partial charge < -0.3 is 27.9 Å². The summed E-state index contributed by atoms with van der Waals surface area (Å²) in [5, 5.41) is 17.7. The molecule has 3 saturated heterocycles. The Kier molecular flexibility index (Phi) is 14.6. The van der Waals surface area contributed by atoms with Gasteiger partial charge in [-0.15, -0.1) is 0 Å². The van der Waals surface area contributed by atoms with Crippen molar-refractivity contribution in [2.24, 2.45) is 0 Å². The van der Waals surface area contributed by atoms with E-state index in [0.29, 0.717) is 33.6 Å². The molecule has 0 aliphatic carbocycles. The van der Waals surface area contributed by atoms with Gasteiger partial charge in [0.25, 0.3) is 0 Å². The van der Waals surface area contributed by atoms with Crippen LogP contribution in [0.1, 0.15) is 126 Å². The fourth-order valence-electron chi connectivity index (χ4n) is 6.26. The summed E-state index contributed by atoms with van der Waals surface area (Å²) >= 11 is 3.32. The number of carbonyl (C=O) groups is 2. The first kappa shape index (κ1) is 48.5. The van der Waals surface area contributed by atoms with Crippen molar-refractivity contribution in [2.45, 2.75) is 130 Å². The third kappa shape index (κ3) is 11.4.